The van der Waals surface area contributed by atoms with Crippen molar-refractivity contribution in [1.82, 2.24) is 4.90 Å². The average Bonchev–Trinajstić information content (AvgIpc) is 3.49. The number of amides is 2. The molecule has 206 valence electrons. The van der Waals surface area contributed by atoms with Crippen LogP contribution >= 0.6 is 11.8 Å². The van der Waals surface area contributed by atoms with Crippen LogP contribution in [-0.4, -0.2) is 69.6 Å². The number of aryl methyl sites for hydroxylation is 2. The average molecular weight is 541 g/mol. The van der Waals surface area contributed by atoms with Crippen LogP contribution < -0.4 is 4.90 Å². The van der Waals surface area contributed by atoms with E-state index in [1.54, 1.807) is 40.6 Å². The molecule has 3 aliphatic rings. The summed E-state index contributed by atoms with van der Waals surface area (Å²) in [4.78, 5) is 45.4. The summed E-state index contributed by atoms with van der Waals surface area (Å²) in [6, 6.07) is 4.59. The number of unbranched alkanes of at least 4 members (excludes halogenated alkanes) is 1. The van der Waals surface area contributed by atoms with Crippen molar-refractivity contribution in [2.75, 3.05) is 24.7 Å². The molecule has 3 saturated heterocycles. The minimum atomic E-state index is -0.814. The number of esters is 1. The van der Waals surface area contributed by atoms with Gasteiger partial charge in [0.1, 0.15) is 6.04 Å². The van der Waals surface area contributed by atoms with Crippen molar-refractivity contribution in [2.45, 2.75) is 69.0 Å². The molecule has 0 radical (unpaired) electrons. The summed E-state index contributed by atoms with van der Waals surface area (Å²) in [5, 5.41) is 10.1. The van der Waals surface area contributed by atoms with E-state index in [2.05, 4.69) is 20.1 Å². The number of thioether (sulfide) groups is 1. The number of carbonyl (C=O) groups excluding carboxylic acids is 3. The van der Waals surface area contributed by atoms with Crippen molar-refractivity contribution < 1.29 is 24.2 Å². The number of carbonyl (C=O) groups is 3. The van der Waals surface area contributed by atoms with E-state index in [1.807, 2.05) is 32.0 Å². The second-order valence-corrected chi connectivity index (χ2v) is 12.5. The Hall–Kier alpha value is -2.58. The monoisotopic (exact) mass is 540 g/mol. The van der Waals surface area contributed by atoms with E-state index in [0.29, 0.717) is 6.42 Å². The quantitative estimate of drug-likeness (QED) is 0.259. The molecule has 1 aromatic carbocycles. The van der Waals surface area contributed by atoms with Crippen molar-refractivity contribution >= 4 is 35.2 Å². The molecule has 0 aromatic heterocycles. The second kappa shape index (κ2) is 11.3. The molecule has 0 aliphatic carbocycles. The first-order chi connectivity index (χ1) is 18.1. The molecular formula is C30H40N2O5S. The highest BCUT2D eigenvalue weighted by Crippen LogP contribution is 2.69. The van der Waals surface area contributed by atoms with Crippen LogP contribution in [0.1, 0.15) is 44.2 Å². The lowest BCUT2D eigenvalue weighted by Crippen LogP contribution is -2.59. The number of benzene rings is 1. The molecule has 3 heterocycles. The zero-order valence-corrected chi connectivity index (χ0v) is 23.7. The molecular weight excluding hydrogens is 500 g/mol. The van der Waals surface area contributed by atoms with Crippen molar-refractivity contribution in [2.24, 2.45) is 17.8 Å². The number of fused-ring (bicyclic) bond motifs is 1. The van der Waals surface area contributed by atoms with E-state index >= 15 is 0 Å². The Morgan fingerprint density at radius 1 is 1.32 bits per heavy atom. The number of likely N-dealkylation sites (tertiary alicyclic amines) is 1. The van der Waals surface area contributed by atoms with Crippen molar-refractivity contribution in [1.29, 1.82) is 0 Å². The maximum Gasteiger partial charge on any atom is 0.310 e. The molecule has 7 atom stereocenters. The van der Waals surface area contributed by atoms with Gasteiger partial charge in [0.05, 0.1) is 35.8 Å². The van der Waals surface area contributed by atoms with Gasteiger partial charge in [0.15, 0.2) is 0 Å². The molecule has 0 saturated carbocycles. The molecule has 1 spiro atoms. The van der Waals surface area contributed by atoms with Crippen molar-refractivity contribution in [3.05, 3.63) is 54.6 Å². The number of hydrogen-bond acceptors (Lipinski definition) is 6. The van der Waals surface area contributed by atoms with E-state index in [1.165, 1.54) is 0 Å². The summed E-state index contributed by atoms with van der Waals surface area (Å²) in [6.45, 7) is 15.7. The standard InChI is InChI=1S/C30H40N2O5S/c1-7-9-10-14-37-29(36)24-23-16-20(5)30(38-23)25(24)27(34)32(21(6)17-33)26(30)28(35)31(13-8-2)22-15-18(3)11-12-19(22)4/h7-8,11-12,15,20-21,23-26,33H,1-2,9-10,13-14,16-17H2,3-6H3/t20?,21-,23+,24-,25+,26?,30?/m1/s1. The summed E-state index contributed by atoms with van der Waals surface area (Å²) in [5.74, 6) is -2.03. The van der Waals surface area contributed by atoms with Crippen LogP contribution in [0.5, 0.6) is 0 Å². The molecule has 7 nitrogen and oxygen atoms in total. The van der Waals surface area contributed by atoms with Crippen LogP contribution in [0.3, 0.4) is 0 Å². The largest absolute Gasteiger partial charge is 0.465 e. The molecule has 4 rings (SSSR count). The van der Waals surface area contributed by atoms with Gasteiger partial charge in [-0.25, -0.2) is 0 Å². The van der Waals surface area contributed by atoms with Gasteiger partial charge in [-0.1, -0.05) is 31.2 Å². The fourth-order valence-corrected chi connectivity index (χ4v) is 9.05. The molecule has 2 bridgehead atoms. The molecule has 3 unspecified atom stereocenters. The Morgan fingerprint density at radius 3 is 2.71 bits per heavy atom. The predicted octanol–water partition coefficient (Wildman–Crippen LogP) is 4.05. The van der Waals surface area contributed by atoms with Gasteiger partial charge >= 0.3 is 5.97 Å². The number of nitrogens with zero attached hydrogens (tertiary/aromatic N) is 2. The fraction of sp³-hybridized carbons (Fsp3) is 0.567. The van der Waals surface area contributed by atoms with Crippen LogP contribution in [-0.2, 0) is 19.1 Å². The zero-order valence-electron chi connectivity index (χ0n) is 22.9. The fourth-order valence-electron chi connectivity index (χ4n) is 6.66. The zero-order chi connectivity index (χ0) is 27.8. The molecule has 38 heavy (non-hydrogen) atoms. The summed E-state index contributed by atoms with van der Waals surface area (Å²) in [7, 11) is 0. The molecule has 3 fully saturated rings. The highest BCUT2D eigenvalue weighted by Gasteiger charge is 2.77. The van der Waals surface area contributed by atoms with Crippen LogP contribution in [0.4, 0.5) is 5.69 Å². The molecule has 8 heteroatoms. The summed E-state index contributed by atoms with van der Waals surface area (Å²) >= 11 is 1.61. The topological polar surface area (TPSA) is 87.2 Å². The summed E-state index contributed by atoms with van der Waals surface area (Å²) < 4.78 is 4.87. The van der Waals surface area contributed by atoms with E-state index in [0.717, 1.165) is 29.7 Å². The smallest absolute Gasteiger partial charge is 0.310 e. The number of rotatable bonds is 11. The lowest BCUT2D eigenvalue weighted by atomic mass is 9.66. The van der Waals surface area contributed by atoms with E-state index in [-0.39, 0.29) is 48.7 Å². The number of hydrogen-bond donors (Lipinski definition) is 1. The third kappa shape index (κ3) is 4.49. The van der Waals surface area contributed by atoms with Gasteiger partial charge in [0.2, 0.25) is 5.91 Å². The molecule has 3 aliphatic heterocycles. The summed E-state index contributed by atoms with van der Waals surface area (Å²) in [5.41, 5.74) is 2.75. The Balaban J connectivity index is 1.77. The Kier molecular flexibility index (Phi) is 8.43. The van der Waals surface area contributed by atoms with Crippen molar-refractivity contribution in [3.8, 4) is 0 Å². The first-order valence-corrected chi connectivity index (χ1v) is 14.4. The maximum atomic E-state index is 14.6. The van der Waals surface area contributed by atoms with E-state index in [9.17, 15) is 19.5 Å². The number of aliphatic hydroxyl groups excluding tert-OH is 1. The Labute approximate surface area is 230 Å². The molecule has 2 amide bonds. The lowest BCUT2D eigenvalue weighted by Gasteiger charge is -2.41. The number of anilines is 1. The van der Waals surface area contributed by atoms with Crippen LogP contribution in [0.15, 0.2) is 43.5 Å². The van der Waals surface area contributed by atoms with E-state index in [4.69, 9.17) is 4.74 Å². The van der Waals surface area contributed by atoms with Gasteiger partial charge in [-0.05, 0) is 63.1 Å². The van der Waals surface area contributed by atoms with Gasteiger partial charge in [-0.2, -0.15) is 0 Å². The summed E-state index contributed by atoms with van der Waals surface area (Å²) in [6.07, 6.45) is 5.64. The molecule has 1 N–H and O–H groups in total. The third-order valence-corrected chi connectivity index (χ3v) is 10.5. The SMILES string of the molecule is C=CCCCOC(=O)[C@@H]1[C@@H]2CC(C)C3(S2)C(C(=O)N(CC=C)c2cc(C)ccc2C)N([C@H](C)CO)C(=O)[C@H]13. The van der Waals surface area contributed by atoms with E-state index < -0.39 is 28.7 Å². The minimum Gasteiger partial charge on any atom is -0.465 e. The number of ether oxygens (including phenoxy) is 1. The Bertz CT molecular complexity index is 1120. The van der Waals surface area contributed by atoms with Crippen LogP contribution in [0, 0.1) is 31.6 Å². The second-order valence-electron chi connectivity index (χ2n) is 11.0. The first-order valence-electron chi connectivity index (χ1n) is 13.5. The maximum absolute atomic E-state index is 14.6. The van der Waals surface area contributed by atoms with Gasteiger partial charge in [-0.3, -0.25) is 14.4 Å². The first kappa shape index (κ1) is 28.4. The normalized spacial score (nSPS) is 30.2. The van der Waals surface area contributed by atoms with Gasteiger partial charge < -0.3 is 19.6 Å². The number of allylic oxidation sites excluding steroid dienone is 1. The Morgan fingerprint density at radius 2 is 2.05 bits per heavy atom. The van der Waals surface area contributed by atoms with Crippen molar-refractivity contribution in [3.63, 3.8) is 0 Å². The highest BCUT2D eigenvalue weighted by molar-refractivity contribution is 8.02. The predicted molar refractivity (Wildman–Crippen MR) is 151 cm³/mol. The van der Waals surface area contributed by atoms with Gasteiger partial charge in [-0.15, -0.1) is 24.9 Å². The van der Waals surface area contributed by atoms with Crippen LogP contribution in [0.25, 0.3) is 0 Å². The highest BCUT2D eigenvalue weighted by atomic mass is 32.2. The van der Waals surface area contributed by atoms with Gasteiger partial charge in [0.25, 0.3) is 5.91 Å². The number of aliphatic hydroxyl groups is 1. The minimum absolute atomic E-state index is 0.0327. The lowest BCUT2D eigenvalue weighted by molar-refractivity contribution is -0.155. The van der Waals surface area contributed by atoms with Crippen LogP contribution in [0.2, 0.25) is 0 Å². The van der Waals surface area contributed by atoms with Gasteiger partial charge in [0, 0.05) is 17.5 Å². The third-order valence-electron chi connectivity index (χ3n) is 8.46. The molecule has 1 aromatic rings.